The molecule has 86 valence electrons. The number of rotatable bonds is 4. The molecule has 0 saturated heterocycles. The Kier molecular flexibility index (Phi) is 3.21. The Morgan fingerprint density at radius 1 is 1.44 bits per heavy atom. The normalized spacial score (nSPS) is 15.2. The molecule has 2 aromatic rings. The van der Waals surface area contributed by atoms with E-state index >= 15 is 0 Å². The smallest absolute Gasteiger partial charge is 0.166 e. The lowest BCUT2D eigenvalue weighted by molar-refractivity contribution is 0.0815. The average Bonchev–Trinajstić information content (AvgIpc) is 2.69. The summed E-state index contributed by atoms with van der Waals surface area (Å²) in [5.41, 5.74) is 1.39. The minimum absolute atomic E-state index is 0.621. The van der Waals surface area contributed by atoms with Crippen LogP contribution in [0.2, 0.25) is 0 Å². The highest BCUT2D eigenvalue weighted by Gasteiger charge is 2.18. The molecule has 4 heteroatoms. The van der Waals surface area contributed by atoms with E-state index < -0.39 is 5.60 Å². The van der Waals surface area contributed by atoms with Crippen LogP contribution >= 0.6 is 11.8 Å². The van der Waals surface area contributed by atoms with E-state index in [2.05, 4.69) is 9.97 Å². The summed E-state index contributed by atoms with van der Waals surface area (Å²) >= 11 is 1.56. The number of imidazole rings is 1. The molecular weight excluding hydrogens is 220 g/mol. The van der Waals surface area contributed by atoms with Gasteiger partial charge < -0.3 is 10.1 Å². The van der Waals surface area contributed by atoms with Crippen LogP contribution < -0.4 is 0 Å². The van der Waals surface area contributed by atoms with Crippen LogP contribution in [0.15, 0.2) is 29.4 Å². The minimum Gasteiger partial charge on any atom is -0.389 e. The maximum Gasteiger partial charge on any atom is 0.166 e. The fraction of sp³-hybridized carbons (Fsp3) is 0.417. The number of para-hydroxylation sites is 2. The zero-order valence-electron chi connectivity index (χ0n) is 9.53. The van der Waals surface area contributed by atoms with Crippen LogP contribution in [0.25, 0.3) is 11.0 Å². The number of aromatic nitrogens is 2. The summed E-state index contributed by atoms with van der Waals surface area (Å²) < 4.78 is 0. The molecule has 0 fully saturated rings. The molecule has 0 radical (unpaired) electrons. The molecule has 1 aromatic heterocycles. The Hall–Kier alpha value is -1.00. The van der Waals surface area contributed by atoms with Gasteiger partial charge in [-0.3, -0.25) is 0 Å². The van der Waals surface area contributed by atoms with Crippen LogP contribution in [-0.4, -0.2) is 26.4 Å². The Bertz CT molecular complexity index is 446. The Morgan fingerprint density at radius 2 is 2.19 bits per heavy atom. The first-order valence-electron chi connectivity index (χ1n) is 5.41. The van der Waals surface area contributed by atoms with Crippen LogP contribution in [-0.2, 0) is 0 Å². The lowest BCUT2D eigenvalue weighted by Crippen LogP contribution is -2.25. The first kappa shape index (κ1) is 11.5. The van der Waals surface area contributed by atoms with Crippen molar-refractivity contribution in [2.75, 3.05) is 5.75 Å². The lowest BCUT2D eigenvalue weighted by Gasteiger charge is -2.19. The van der Waals surface area contributed by atoms with Gasteiger partial charge in [-0.25, -0.2) is 4.98 Å². The number of thioether (sulfide) groups is 1. The van der Waals surface area contributed by atoms with Crippen molar-refractivity contribution in [1.82, 2.24) is 9.97 Å². The lowest BCUT2D eigenvalue weighted by atomic mass is 10.1. The van der Waals surface area contributed by atoms with Crippen LogP contribution in [0.1, 0.15) is 20.3 Å². The third kappa shape index (κ3) is 2.57. The topological polar surface area (TPSA) is 48.9 Å². The quantitative estimate of drug-likeness (QED) is 0.802. The summed E-state index contributed by atoms with van der Waals surface area (Å²) in [5.74, 6) is 0.656. The summed E-state index contributed by atoms with van der Waals surface area (Å²) in [6, 6.07) is 7.94. The maximum absolute atomic E-state index is 9.90. The molecule has 0 amide bonds. The third-order valence-corrected chi connectivity index (χ3v) is 3.88. The number of nitrogens with zero attached hydrogens (tertiary/aromatic N) is 1. The molecular formula is C12H16N2OS. The summed E-state index contributed by atoms with van der Waals surface area (Å²) in [7, 11) is 0. The molecule has 0 saturated carbocycles. The van der Waals surface area contributed by atoms with Crippen molar-refractivity contribution in [2.24, 2.45) is 0 Å². The van der Waals surface area contributed by atoms with Crippen molar-refractivity contribution in [3.63, 3.8) is 0 Å². The van der Waals surface area contributed by atoms with Gasteiger partial charge in [-0.2, -0.15) is 0 Å². The molecule has 0 aliphatic carbocycles. The Balaban J connectivity index is 2.10. The van der Waals surface area contributed by atoms with E-state index in [1.54, 1.807) is 11.8 Å². The summed E-state index contributed by atoms with van der Waals surface area (Å²) in [4.78, 5) is 7.68. The van der Waals surface area contributed by atoms with Gasteiger partial charge >= 0.3 is 0 Å². The molecule has 0 aliphatic rings. The number of H-pyrrole nitrogens is 1. The van der Waals surface area contributed by atoms with Gasteiger partial charge in [-0.1, -0.05) is 30.8 Å². The molecule has 0 spiro atoms. The van der Waals surface area contributed by atoms with Gasteiger partial charge in [0.1, 0.15) is 0 Å². The summed E-state index contributed by atoms with van der Waals surface area (Å²) in [5, 5.41) is 10.8. The van der Waals surface area contributed by atoms with Crippen molar-refractivity contribution in [3.05, 3.63) is 24.3 Å². The summed E-state index contributed by atoms with van der Waals surface area (Å²) in [6.07, 6.45) is 0.750. The van der Waals surface area contributed by atoms with E-state index in [-0.39, 0.29) is 0 Å². The van der Waals surface area contributed by atoms with Crippen molar-refractivity contribution >= 4 is 22.8 Å². The number of aromatic amines is 1. The molecule has 1 heterocycles. The van der Waals surface area contributed by atoms with E-state index in [0.717, 1.165) is 22.6 Å². The van der Waals surface area contributed by atoms with Crippen LogP contribution in [0.5, 0.6) is 0 Å². The largest absolute Gasteiger partial charge is 0.389 e. The second-order valence-corrected chi connectivity index (χ2v) is 5.16. The molecule has 0 bridgehead atoms. The molecule has 3 nitrogen and oxygen atoms in total. The number of benzene rings is 1. The second kappa shape index (κ2) is 4.47. The van der Waals surface area contributed by atoms with Gasteiger partial charge in [-0.15, -0.1) is 0 Å². The van der Waals surface area contributed by atoms with E-state index in [1.165, 1.54) is 0 Å². The molecule has 1 atom stereocenters. The molecule has 1 unspecified atom stereocenters. The highest BCUT2D eigenvalue weighted by molar-refractivity contribution is 7.99. The first-order chi connectivity index (χ1) is 7.61. The number of fused-ring (bicyclic) bond motifs is 1. The van der Waals surface area contributed by atoms with E-state index in [1.807, 2.05) is 38.1 Å². The fourth-order valence-electron chi connectivity index (χ4n) is 1.32. The standard InChI is InChI=1S/C12H16N2OS/c1-3-12(2,15)8-16-11-13-9-6-4-5-7-10(9)14-11/h4-7,15H,3,8H2,1-2H3,(H,13,14). The number of hydrogen-bond acceptors (Lipinski definition) is 3. The van der Waals surface area contributed by atoms with Crippen molar-refractivity contribution in [1.29, 1.82) is 0 Å². The minimum atomic E-state index is -0.621. The van der Waals surface area contributed by atoms with E-state index in [4.69, 9.17) is 0 Å². The maximum atomic E-state index is 9.90. The van der Waals surface area contributed by atoms with E-state index in [9.17, 15) is 5.11 Å². The van der Waals surface area contributed by atoms with Crippen molar-refractivity contribution in [3.8, 4) is 0 Å². The van der Waals surface area contributed by atoms with Crippen molar-refractivity contribution < 1.29 is 5.11 Å². The molecule has 0 aliphatic heterocycles. The van der Waals surface area contributed by atoms with Gasteiger partial charge in [-0.05, 0) is 25.5 Å². The van der Waals surface area contributed by atoms with Crippen LogP contribution in [0.3, 0.4) is 0 Å². The SMILES string of the molecule is CCC(C)(O)CSc1nc2ccccc2[nH]1. The first-order valence-corrected chi connectivity index (χ1v) is 6.39. The van der Waals surface area contributed by atoms with E-state index in [0.29, 0.717) is 5.75 Å². The van der Waals surface area contributed by atoms with Crippen LogP contribution in [0.4, 0.5) is 0 Å². The van der Waals surface area contributed by atoms with Crippen molar-refractivity contribution in [2.45, 2.75) is 31.0 Å². The van der Waals surface area contributed by atoms with Gasteiger partial charge in [0.2, 0.25) is 0 Å². The molecule has 2 N–H and O–H groups in total. The molecule has 16 heavy (non-hydrogen) atoms. The number of nitrogens with one attached hydrogen (secondary N) is 1. The van der Waals surface area contributed by atoms with Gasteiger partial charge in [0.25, 0.3) is 0 Å². The fourth-order valence-corrected chi connectivity index (χ4v) is 2.32. The second-order valence-electron chi connectivity index (χ2n) is 4.20. The molecule has 2 rings (SSSR count). The Labute approximate surface area is 99.3 Å². The zero-order chi connectivity index (χ0) is 11.6. The monoisotopic (exact) mass is 236 g/mol. The van der Waals surface area contributed by atoms with Gasteiger partial charge in [0.15, 0.2) is 5.16 Å². The highest BCUT2D eigenvalue weighted by atomic mass is 32.2. The third-order valence-electron chi connectivity index (χ3n) is 2.65. The number of aliphatic hydroxyl groups is 1. The molecule has 1 aromatic carbocycles. The number of hydrogen-bond donors (Lipinski definition) is 2. The predicted octanol–water partition coefficient (Wildman–Crippen LogP) is 2.82. The Morgan fingerprint density at radius 3 is 2.88 bits per heavy atom. The predicted molar refractivity (Wildman–Crippen MR) is 67.7 cm³/mol. The van der Waals surface area contributed by atoms with Crippen LogP contribution in [0, 0.1) is 0 Å². The summed E-state index contributed by atoms with van der Waals surface area (Å²) in [6.45, 7) is 3.84. The van der Waals surface area contributed by atoms with Gasteiger partial charge in [0.05, 0.1) is 16.6 Å². The van der Waals surface area contributed by atoms with Gasteiger partial charge in [0, 0.05) is 5.75 Å². The zero-order valence-corrected chi connectivity index (χ0v) is 10.3. The average molecular weight is 236 g/mol. The highest BCUT2D eigenvalue weighted by Crippen LogP contribution is 2.24.